The number of ether oxygens (including phenoxy) is 3. The molecular weight excluding hydrogens is 376 g/mol. The fourth-order valence-electron chi connectivity index (χ4n) is 3.70. The number of rotatable bonds is 5. The van der Waals surface area contributed by atoms with Crippen LogP contribution in [0.2, 0.25) is 0 Å². The number of esters is 1. The molecule has 4 rings (SSSR count). The molecule has 150 valence electrons. The number of anilines is 1. The van der Waals surface area contributed by atoms with Gasteiger partial charge in [-0.1, -0.05) is 18.2 Å². The Hall–Kier alpha value is -3.55. The van der Waals surface area contributed by atoms with Gasteiger partial charge in [0.1, 0.15) is 17.5 Å². The van der Waals surface area contributed by atoms with Gasteiger partial charge in [0.2, 0.25) is 18.0 Å². The summed E-state index contributed by atoms with van der Waals surface area (Å²) in [6, 6.07) is 11.1. The number of amides is 2. The van der Waals surface area contributed by atoms with Crippen LogP contribution in [0.15, 0.2) is 42.5 Å². The van der Waals surface area contributed by atoms with Crippen molar-refractivity contribution in [1.82, 2.24) is 4.90 Å². The smallest absolute Gasteiger partial charge is 0.340 e. The Kier molecular flexibility index (Phi) is 4.84. The van der Waals surface area contributed by atoms with Crippen LogP contribution in [-0.2, 0) is 14.3 Å². The quantitative estimate of drug-likeness (QED) is 0.781. The van der Waals surface area contributed by atoms with Crippen molar-refractivity contribution < 1.29 is 28.6 Å². The third-order valence-electron chi connectivity index (χ3n) is 5.14. The normalized spacial score (nSPS) is 20.3. The summed E-state index contributed by atoms with van der Waals surface area (Å²) < 4.78 is 15.9. The third-order valence-corrected chi connectivity index (χ3v) is 5.14. The number of benzene rings is 2. The van der Waals surface area contributed by atoms with Gasteiger partial charge in [0.05, 0.1) is 25.5 Å². The molecule has 2 aliphatic heterocycles. The molecule has 2 amide bonds. The predicted molar refractivity (Wildman–Crippen MR) is 103 cm³/mol. The van der Waals surface area contributed by atoms with Gasteiger partial charge in [0, 0.05) is 18.1 Å². The highest BCUT2D eigenvalue weighted by atomic mass is 16.6. The van der Waals surface area contributed by atoms with Crippen molar-refractivity contribution in [3.05, 3.63) is 53.6 Å². The molecule has 8 heteroatoms. The molecule has 8 nitrogen and oxygen atoms in total. The van der Waals surface area contributed by atoms with E-state index in [0.717, 1.165) is 0 Å². The molecule has 0 saturated carbocycles. The van der Waals surface area contributed by atoms with E-state index in [1.807, 2.05) is 0 Å². The van der Waals surface area contributed by atoms with Crippen molar-refractivity contribution in [3.8, 4) is 11.5 Å². The lowest BCUT2D eigenvalue weighted by Crippen LogP contribution is -2.43. The number of likely N-dealkylation sites (tertiary alicyclic amines) is 1. The number of nitrogens with one attached hydrogen (secondary N) is 1. The van der Waals surface area contributed by atoms with Crippen LogP contribution in [0.4, 0.5) is 5.69 Å². The average Bonchev–Trinajstić information content (AvgIpc) is 3.28. The van der Waals surface area contributed by atoms with Gasteiger partial charge in [-0.15, -0.1) is 0 Å². The molecule has 1 N–H and O–H groups in total. The van der Waals surface area contributed by atoms with E-state index in [0.29, 0.717) is 34.7 Å². The summed E-state index contributed by atoms with van der Waals surface area (Å²) in [5.74, 6) is -0.0828. The molecule has 29 heavy (non-hydrogen) atoms. The monoisotopic (exact) mass is 396 g/mol. The van der Waals surface area contributed by atoms with Crippen LogP contribution < -0.4 is 14.8 Å². The highest BCUT2D eigenvalue weighted by Crippen LogP contribution is 2.38. The van der Waals surface area contributed by atoms with Crippen LogP contribution in [0.25, 0.3) is 0 Å². The Labute approximate surface area is 167 Å². The molecule has 2 heterocycles. The van der Waals surface area contributed by atoms with Gasteiger partial charge >= 0.3 is 5.97 Å². The van der Waals surface area contributed by atoms with Gasteiger partial charge in [-0.05, 0) is 24.6 Å². The SMILES string of the molecule is COc1ccc(NC(=O)[C@H]2CCC(=O)N2[C@H]2OC(=O)c3ccccc32)c(OC)c1. The van der Waals surface area contributed by atoms with Crippen molar-refractivity contribution in [1.29, 1.82) is 0 Å². The zero-order chi connectivity index (χ0) is 20.5. The van der Waals surface area contributed by atoms with Crippen LogP contribution in [0, 0.1) is 0 Å². The number of hydrogen-bond donors (Lipinski definition) is 1. The van der Waals surface area contributed by atoms with Crippen LogP contribution in [0.1, 0.15) is 35.0 Å². The zero-order valence-corrected chi connectivity index (χ0v) is 16.0. The second-order valence-corrected chi connectivity index (χ2v) is 6.76. The number of carbonyl (C=O) groups is 3. The van der Waals surface area contributed by atoms with E-state index >= 15 is 0 Å². The molecule has 2 aromatic rings. The summed E-state index contributed by atoms with van der Waals surface area (Å²) in [6.45, 7) is 0. The van der Waals surface area contributed by atoms with Gasteiger partial charge < -0.3 is 19.5 Å². The van der Waals surface area contributed by atoms with E-state index in [1.54, 1.807) is 42.5 Å². The molecule has 0 aromatic heterocycles. The summed E-state index contributed by atoms with van der Waals surface area (Å²) >= 11 is 0. The number of nitrogens with zero attached hydrogens (tertiary/aromatic N) is 1. The molecule has 2 aliphatic rings. The lowest BCUT2D eigenvalue weighted by atomic mass is 10.1. The van der Waals surface area contributed by atoms with Crippen molar-refractivity contribution in [3.63, 3.8) is 0 Å². The fraction of sp³-hybridized carbons (Fsp3) is 0.286. The van der Waals surface area contributed by atoms with E-state index in [4.69, 9.17) is 14.2 Å². The van der Waals surface area contributed by atoms with E-state index in [1.165, 1.54) is 19.1 Å². The standard InChI is InChI=1S/C21H20N2O6/c1-27-12-7-8-15(17(11-12)28-2)22-19(25)16-9-10-18(24)23(16)20-13-5-3-4-6-14(13)21(26)29-20/h3-8,11,16,20H,9-10H2,1-2H3,(H,22,25)/t16-,20+/m1/s1. The van der Waals surface area contributed by atoms with Gasteiger partial charge in [0.25, 0.3) is 0 Å². The Morgan fingerprint density at radius 3 is 2.69 bits per heavy atom. The minimum atomic E-state index is -0.901. The van der Waals surface area contributed by atoms with E-state index < -0.39 is 18.2 Å². The Morgan fingerprint density at radius 1 is 1.14 bits per heavy atom. The largest absolute Gasteiger partial charge is 0.497 e. The maximum absolute atomic E-state index is 13.0. The van der Waals surface area contributed by atoms with Crippen LogP contribution in [0.5, 0.6) is 11.5 Å². The first-order valence-corrected chi connectivity index (χ1v) is 9.17. The molecule has 1 saturated heterocycles. The van der Waals surface area contributed by atoms with Crippen molar-refractivity contribution in [2.24, 2.45) is 0 Å². The van der Waals surface area contributed by atoms with Crippen LogP contribution in [-0.4, -0.2) is 42.9 Å². The molecule has 0 radical (unpaired) electrons. The van der Waals surface area contributed by atoms with Crippen LogP contribution in [0.3, 0.4) is 0 Å². The first-order valence-electron chi connectivity index (χ1n) is 9.17. The topological polar surface area (TPSA) is 94.2 Å². The minimum absolute atomic E-state index is 0.202. The number of carbonyl (C=O) groups excluding carboxylic acids is 3. The maximum Gasteiger partial charge on any atom is 0.340 e. The fourth-order valence-corrected chi connectivity index (χ4v) is 3.70. The molecule has 2 atom stereocenters. The molecule has 1 fully saturated rings. The number of fused-ring (bicyclic) bond motifs is 1. The first-order chi connectivity index (χ1) is 14.0. The third kappa shape index (κ3) is 3.26. The number of methoxy groups -OCH3 is 2. The maximum atomic E-state index is 13.0. The number of cyclic esters (lactones) is 1. The second kappa shape index (κ2) is 7.46. The lowest BCUT2D eigenvalue weighted by Gasteiger charge is -2.29. The highest BCUT2D eigenvalue weighted by molar-refractivity contribution is 6.01. The van der Waals surface area contributed by atoms with Gasteiger partial charge in [-0.3, -0.25) is 14.5 Å². The molecule has 2 aromatic carbocycles. The summed E-state index contributed by atoms with van der Waals surface area (Å²) in [7, 11) is 3.03. The van der Waals surface area contributed by atoms with E-state index in [2.05, 4.69) is 5.32 Å². The minimum Gasteiger partial charge on any atom is -0.497 e. The van der Waals surface area contributed by atoms with E-state index in [9.17, 15) is 14.4 Å². The summed E-state index contributed by atoms with van der Waals surface area (Å²) in [4.78, 5) is 39.1. The molecule has 0 aliphatic carbocycles. The highest BCUT2D eigenvalue weighted by Gasteiger charge is 2.46. The second-order valence-electron chi connectivity index (χ2n) is 6.76. The molecular formula is C21H20N2O6. The summed E-state index contributed by atoms with van der Waals surface area (Å²) in [5.41, 5.74) is 1.46. The van der Waals surface area contributed by atoms with Crippen molar-refractivity contribution in [2.75, 3.05) is 19.5 Å². The molecule has 0 spiro atoms. The Balaban J connectivity index is 1.59. The molecule has 0 unspecified atom stereocenters. The lowest BCUT2D eigenvalue weighted by molar-refractivity contribution is -0.144. The average molecular weight is 396 g/mol. The summed E-state index contributed by atoms with van der Waals surface area (Å²) in [5, 5.41) is 2.81. The van der Waals surface area contributed by atoms with Crippen molar-refractivity contribution in [2.45, 2.75) is 25.1 Å². The van der Waals surface area contributed by atoms with Crippen LogP contribution >= 0.6 is 0 Å². The molecule has 0 bridgehead atoms. The Morgan fingerprint density at radius 2 is 1.93 bits per heavy atom. The Bertz CT molecular complexity index is 989. The van der Waals surface area contributed by atoms with Gasteiger partial charge in [-0.2, -0.15) is 0 Å². The summed E-state index contributed by atoms with van der Waals surface area (Å²) in [6.07, 6.45) is -0.366. The zero-order valence-electron chi connectivity index (χ0n) is 16.0. The van der Waals surface area contributed by atoms with E-state index in [-0.39, 0.29) is 18.2 Å². The van der Waals surface area contributed by atoms with Crippen molar-refractivity contribution >= 4 is 23.5 Å². The predicted octanol–water partition coefficient (Wildman–Crippen LogP) is 2.50. The van der Waals surface area contributed by atoms with Gasteiger partial charge in [-0.25, -0.2) is 4.79 Å². The first kappa shape index (κ1) is 18.8. The van der Waals surface area contributed by atoms with Gasteiger partial charge in [0.15, 0.2) is 0 Å². The number of hydrogen-bond acceptors (Lipinski definition) is 6.